The van der Waals surface area contributed by atoms with Crippen LogP contribution in [0.5, 0.6) is 0 Å². The van der Waals surface area contributed by atoms with Gasteiger partial charge in [-0.2, -0.15) is 0 Å². The van der Waals surface area contributed by atoms with Crippen molar-refractivity contribution in [2.75, 3.05) is 0 Å². The van der Waals surface area contributed by atoms with E-state index in [0.29, 0.717) is 17.8 Å². The molecule has 1 heterocycles. The molecule has 0 amide bonds. The molecule has 3 atom stereocenters. The predicted molar refractivity (Wildman–Crippen MR) is 56.2 cm³/mol. The number of fused-ring (bicyclic) bond motifs is 1. The molecule has 0 saturated carbocycles. The molecular weight excluding hydrogens is 176 g/mol. The number of aliphatic hydroxyl groups is 1. The normalized spacial score (nSPS) is 47.4. The van der Waals surface area contributed by atoms with E-state index in [9.17, 15) is 5.11 Å². The monoisotopic (exact) mass is 196 g/mol. The summed E-state index contributed by atoms with van der Waals surface area (Å²) >= 11 is 0. The first-order chi connectivity index (χ1) is 6.60. The topological polar surface area (TPSA) is 32.8 Å². The summed E-state index contributed by atoms with van der Waals surface area (Å²) in [7, 11) is 0. The van der Waals surface area contributed by atoms with E-state index in [0.717, 1.165) is 32.1 Å². The molecule has 80 valence electrons. The Balaban J connectivity index is 1.99. The van der Waals surface area contributed by atoms with Crippen LogP contribution in [0.4, 0.5) is 0 Å². The van der Waals surface area contributed by atoms with Gasteiger partial charge in [0.05, 0.1) is 17.5 Å². The standard InChI is InChI=1S/C12H20O2/c1-9-5-6-11-12(2,14-11)7-3-4-10(13)8-9/h4,9,11,13H,3,5-8H2,1-2H3/b10-4-/t9?,11-,12-/m1/s1. The van der Waals surface area contributed by atoms with Crippen molar-refractivity contribution < 1.29 is 9.84 Å². The molecule has 1 aliphatic carbocycles. The molecule has 2 rings (SSSR count). The van der Waals surface area contributed by atoms with Crippen LogP contribution in [-0.4, -0.2) is 16.8 Å². The molecule has 2 nitrogen and oxygen atoms in total. The molecule has 1 aliphatic heterocycles. The lowest BCUT2D eigenvalue weighted by molar-refractivity contribution is 0.292. The molecule has 1 saturated heterocycles. The molecule has 1 unspecified atom stereocenters. The second-order valence-corrected chi connectivity index (χ2v) is 5.04. The molecule has 1 N–H and O–H groups in total. The van der Waals surface area contributed by atoms with E-state index >= 15 is 0 Å². The molecule has 2 aliphatic rings. The minimum Gasteiger partial charge on any atom is -0.513 e. The number of aliphatic hydroxyl groups excluding tert-OH is 1. The van der Waals surface area contributed by atoms with E-state index in [2.05, 4.69) is 13.8 Å². The van der Waals surface area contributed by atoms with Crippen LogP contribution in [0.1, 0.15) is 46.0 Å². The second kappa shape index (κ2) is 3.58. The Kier molecular flexibility index (Phi) is 2.56. The molecule has 0 aromatic carbocycles. The third kappa shape index (κ3) is 2.11. The van der Waals surface area contributed by atoms with Gasteiger partial charge in [-0.15, -0.1) is 0 Å². The van der Waals surface area contributed by atoms with Crippen molar-refractivity contribution in [3.63, 3.8) is 0 Å². The first-order valence-corrected chi connectivity index (χ1v) is 5.66. The first kappa shape index (κ1) is 10.0. The van der Waals surface area contributed by atoms with Gasteiger partial charge in [0.2, 0.25) is 0 Å². The minimum atomic E-state index is 0.119. The van der Waals surface area contributed by atoms with Crippen molar-refractivity contribution in [2.45, 2.75) is 57.7 Å². The average molecular weight is 196 g/mol. The second-order valence-electron chi connectivity index (χ2n) is 5.04. The van der Waals surface area contributed by atoms with Gasteiger partial charge in [0.15, 0.2) is 0 Å². The van der Waals surface area contributed by atoms with Crippen LogP contribution in [0.15, 0.2) is 11.8 Å². The summed E-state index contributed by atoms with van der Waals surface area (Å²) in [6.07, 6.45) is 7.61. The minimum absolute atomic E-state index is 0.119. The summed E-state index contributed by atoms with van der Waals surface area (Å²) in [5, 5.41) is 9.61. The molecular formula is C12H20O2. The van der Waals surface area contributed by atoms with E-state index in [4.69, 9.17) is 4.74 Å². The number of rotatable bonds is 0. The van der Waals surface area contributed by atoms with E-state index in [-0.39, 0.29) is 5.60 Å². The Labute approximate surface area is 86.0 Å². The highest BCUT2D eigenvalue weighted by Crippen LogP contribution is 2.44. The SMILES string of the molecule is CC1CC[C@H]2O[C@]2(C)CC/C=C(\O)C1. The van der Waals surface area contributed by atoms with Crippen molar-refractivity contribution in [3.05, 3.63) is 11.8 Å². The molecule has 0 radical (unpaired) electrons. The zero-order valence-electron chi connectivity index (χ0n) is 9.12. The van der Waals surface area contributed by atoms with Crippen molar-refractivity contribution in [1.29, 1.82) is 0 Å². The van der Waals surface area contributed by atoms with Gasteiger partial charge < -0.3 is 9.84 Å². The lowest BCUT2D eigenvalue weighted by atomic mass is 9.91. The van der Waals surface area contributed by atoms with E-state index < -0.39 is 0 Å². The average Bonchev–Trinajstić information content (AvgIpc) is 2.73. The summed E-state index contributed by atoms with van der Waals surface area (Å²) in [6, 6.07) is 0. The van der Waals surface area contributed by atoms with Crippen molar-refractivity contribution >= 4 is 0 Å². The fourth-order valence-corrected chi connectivity index (χ4v) is 2.38. The summed E-state index contributed by atoms with van der Waals surface area (Å²) in [5.74, 6) is 1.15. The van der Waals surface area contributed by atoms with Gasteiger partial charge in [-0.25, -0.2) is 0 Å². The molecule has 1 fully saturated rings. The zero-order valence-corrected chi connectivity index (χ0v) is 9.12. The molecule has 0 spiro atoms. The van der Waals surface area contributed by atoms with Gasteiger partial charge in [0.1, 0.15) is 0 Å². The van der Waals surface area contributed by atoms with Gasteiger partial charge in [-0.3, -0.25) is 0 Å². The van der Waals surface area contributed by atoms with Crippen LogP contribution in [0.2, 0.25) is 0 Å². The number of ether oxygens (including phenoxy) is 1. The highest BCUT2D eigenvalue weighted by atomic mass is 16.6. The maximum atomic E-state index is 9.61. The predicted octanol–water partition coefficient (Wildman–Crippen LogP) is 3.19. The lowest BCUT2D eigenvalue weighted by Crippen LogP contribution is -2.11. The van der Waals surface area contributed by atoms with Gasteiger partial charge in [0.25, 0.3) is 0 Å². The Bertz CT molecular complexity index is 247. The summed E-state index contributed by atoms with van der Waals surface area (Å²) in [6.45, 7) is 4.39. The van der Waals surface area contributed by atoms with E-state index in [1.807, 2.05) is 6.08 Å². The van der Waals surface area contributed by atoms with E-state index in [1.54, 1.807) is 0 Å². The molecule has 2 heteroatoms. The fourth-order valence-electron chi connectivity index (χ4n) is 2.38. The zero-order chi connectivity index (χ0) is 10.2. The lowest BCUT2D eigenvalue weighted by Gasteiger charge is -2.13. The maximum Gasteiger partial charge on any atom is 0.0923 e. The van der Waals surface area contributed by atoms with Crippen molar-refractivity contribution in [3.8, 4) is 0 Å². The van der Waals surface area contributed by atoms with Crippen molar-refractivity contribution in [1.82, 2.24) is 0 Å². The van der Waals surface area contributed by atoms with Crippen LogP contribution < -0.4 is 0 Å². The Hall–Kier alpha value is -0.500. The largest absolute Gasteiger partial charge is 0.513 e. The molecule has 0 aromatic rings. The third-order valence-corrected chi connectivity index (χ3v) is 3.54. The molecule has 0 aromatic heterocycles. The smallest absolute Gasteiger partial charge is 0.0923 e. The number of epoxide rings is 1. The highest BCUT2D eigenvalue weighted by molar-refractivity contribution is 5.03. The number of hydrogen-bond acceptors (Lipinski definition) is 2. The molecule has 0 bridgehead atoms. The fraction of sp³-hybridized carbons (Fsp3) is 0.833. The Morgan fingerprint density at radius 1 is 1.50 bits per heavy atom. The Morgan fingerprint density at radius 2 is 2.29 bits per heavy atom. The number of hydrogen-bond donors (Lipinski definition) is 1. The first-order valence-electron chi connectivity index (χ1n) is 5.66. The van der Waals surface area contributed by atoms with Gasteiger partial charge in [-0.05, 0) is 44.6 Å². The maximum absolute atomic E-state index is 9.61. The summed E-state index contributed by atoms with van der Waals surface area (Å²) in [4.78, 5) is 0. The summed E-state index contributed by atoms with van der Waals surface area (Å²) in [5.41, 5.74) is 0.119. The Morgan fingerprint density at radius 3 is 3.07 bits per heavy atom. The highest BCUT2D eigenvalue weighted by Gasteiger charge is 2.50. The molecule has 14 heavy (non-hydrogen) atoms. The third-order valence-electron chi connectivity index (χ3n) is 3.54. The van der Waals surface area contributed by atoms with Gasteiger partial charge >= 0.3 is 0 Å². The van der Waals surface area contributed by atoms with Gasteiger partial charge in [-0.1, -0.05) is 6.92 Å². The van der Waals surface area contributed by atoms with E-state index in [1.165, 1.54) is 0 Å². The quantitative estimate of drug-likeness (QED) is 0.603. The van der Waals surface area contributed by atoms with Crippen LogP contribution in [0.25, 0.3) is 0 Å². The van der Waals surface area contributed by atoms with Crippen LogP contribution in [0, 0.1) is 5.92 Å². The van der Waals surface area contributed by atoms with Crippen LogP contribution >= 0.6 is 0 Å². The number of allylic oxidation sites excluding steroid dienone is 2. The van der Waals surface area contributed by atoms with Crippen LogP contribution in [-0.2, 0) is 4.74 Å². The summed E-state index contributed by atoms with van der Waals surface area (Å²) < 4.78 is 5.71. The van der Waals surface area contributed by atoms with Crippen molar-refractivity contribution in [2.24, 2.45) is 5.92 Å². The van der Waals surface area contributed by atoms with Gasteiger partial charge in [0, 0.05) is 6.42 Å². The van der Waals surface area contributed by atoms with Crippen LogP contribution in [0.3, 0.4) is 0 Å².